The average molecular weight is 237 g/mol. The Morgan fingerprint density at radius 3 is 2.94 bits per heavy atom. The van der Waals surface area contributed by atoms with E-state index in [4.69, 9.17) is 0 Å². The van der Waals surface area contributed by atoms with E-state index in [0.717, 1.165) is 18.9 Å². The SMILES string of the molecule is O=C(NC[C@@H]1CCSC1)[C@@H]1C[C@H]2C=C[C@H]1C2. The predicted molar refractivity (Wildman–Crippen MR) is 67.3 cm³/mol. The number of hydrogen-bond acceptors (Lipinski definition) is 2. The average Bonchev–Trinajstić information content (AvgIpc) is 3.01. The zero-order chi connectivity index (χ0) is 11.0. The minimum atomic E-state index is 0.282. The van der Waals surface area contributed by atoms with Gasteiger partial charge >= 0.3 is 0 Å². The van der Waals surface area contributed by atoms with Crippen molar-refractivity contribution in [3.63, 3.8) is 0 Å². The molecule has 0 unspecified atom stereocenters. The number of amides is 1. The molecule has 2 nitrogen and oxygen atoms in total. The van der Waals surface area contributed by atoms with Gasteiger partial charge in [0.2, 0.25) is 5.91 Å². The highest BCUT2D eigenvalue weighted by Gasteiger charge is 2.39. The number of carbonyl (C=O) groups excluding carboxylic acids is 1. The van der Waals surface area contributed by atoms with E-state index in [-0.39, 0.29) is 5.92 Å². The molecule has 2 aliphatic carbocycles. The fourth-order valence-electron chi connectivity index (χ4n) is 3.20. The fraction of sp³-hybridized carbons (Fsp3) is 0.769. The Morgan fingerprint density at radius 2 is 2.31 bits per heavy atom. The molecule has 1 saturated carbocycles. The maximum Gasteiger partial charge on any atom is 0.223 e. The van der Waals surface area contributed by atoms with Gasteiger partial charge in [0.25, 0.3) is 0 Å². The van der Waals surface area contributed by atoms with Gasteiger partial charge in [0, 0.05) is 12.5 Å². The summed E-state index contributed by atoms with van der Waals surface area (Å²) in [5.41, 5.74) is 0. The van der Waals surface area contributed by atoms with E-state index in [0.29, 0.717) is 17.7 Å². The lowest BCUT2D eigenvalue weighted by atomic mass is 9.92. The number of fused-ring (bicyclic) bond motifs is 2. The first-order valence-electron chi connectivity index (χ1n) is 6.36. The lowest BCUT2D eigenvalue weighted by Gasteiger charge is -2.18. The van der Waals surface area contributed by atoms with Crippen molar-refractivity contribution in [2.75, 3.05) is 18.1 Å². The largest absolute Gasteiger partial charge is 0.356 e. The van der Waals surface area contributed by atoms with E-state index in [1.54, 1.807) is 0 Å². The van der Waals surface area contributed by atoms with Gasteiger partial charge in [-0.2, -0.15) is 11.8 Å². The highest BCUT2D eigenvalue weighted by atomic mass is 32.2. The lowest BCUT2D eigenvalue weighted by Crippen LogP contribution is -2.36. The van der Waals surface area contributed by atoms with E-state index in [1.165, 1.54) is 24.3 Å². The summed E-state index contributed by atoms with van der Waals surface area (Å²) in [5, 5.41) is 3.17. The van der Waals surface area contributed by atoms with Gasteiger partial charge in [0.15, 0.2) is 0 Å². The second-order valence-corrected chi connectivity index (χ2v) is 6.51. The molecule has 0 radical (unpaired) electrons. The van der Waals surface area contributed by atoms with Crippen molar-refractivity contribution < 1.29 is 4.79 Å². The number of thioether (sulfide) groups is 1. The van der Waals surface area contributed by atoms with Gasteiger partial charge in [0.1, 0.15) is 0 Å². The van der Waals surface area contributed by atoms with Crippen LogP contribution in [0.3, 0.4) is 0 Å². The summed E-state index contributed by atoms with van der Waals surface area (Å²) in [6.07, 6.45) is 8.14. The topological polar surface area (TPSA) is 29.1 Å². The van der Waals surface area contributed by atoms with Crippen molar-refractivity contribution >= 4 is 17.7 Å². The van der Waals surface area contributed by atoms with E-state index in [2.05, 4.69) is 17.5 Å². The van der Waals surface area contributed by atoms with Gasteiger partial charge in [-0.3, -0.25) is 4.79 Å². The Labute approximate surface area is 101 Å². The number of hydrogen-bond donors (Lipinski definition) is 1. The smallest absolute Gasteiger partial charge is 0.223 e. The van der Waals surface area contributed by atoms with Crippen LogP contribution in [0.4, 0.5) is 0 Å². The molecule has 4 atom stereocenters. The number of carbonyl (C=O) groups is 1. The van der Waals surface area contributed by atoms with Crippen LogP contribution in [0.2, 0.25) is 0 Å². The summed E-state index contributed by atoms with van der Waals surface area (Å²) < 4.78 is 0. The lowest BCUT2D eigenvalue weighted by molar-refractivity contribution is -0.125. The minimum Gasteiger partial charge on any atom is -0.356 e. The summed E-state index contributed by atoms with van der Waals surface area (Å²) in [6, 6.07) is 0. The Bertz CT molecular complexity index is 309. The molecule has 1 saturated heterocycles. The summed E-state index contributed by atoms with van der Waals surface area (Å²) in [4.78, 5) is 12.0. The molecule has 0 aromatic heterocycles. The van der Waals surface area contributed by atoms with Crippen LogP contribution in [0.5, 0.6) is 0 Å². The van der Waals surface area contributed by atoms with Crippen LogP contribution in [-0.4, -0.2) is 24.0 Å². The van der Waals surface area contributed by atoms with E-state index < -0.39 is 0 Å². The summed E-state index contributed by atoms with van der Waals surface area (Å²) in [7, 11) is 0. The van der Waals surface area contributed by atoms with Crippen LogP contribution >= 0.6 is 11.8 Å². The molecule has 1 amide bonds. The molecule has 16 heavy (non-hydrogen) atoms. The van der Waals surface area contributed by atoms with Crippen molar-refractivity contribution in [2.45, 2.75) is 19.3 Å². The van der Waals surface area contributed by atoms with Crippen LogP contribution in [0.25, 0.3) is 0 Å². The zero-order valence-corrected chi connectivity index (χ0v) is 10.3. The Morgan fingerprint density at radius 1 is 1.38 bits per heavy atom. The standard InChI is InChI=1S/C13H19NOS/c15-13(14-7-10-3-4-16-8-10)12-6-9-1-2-11(12)5-9/h1-2,9-12H,3-8H2,(H,14,15)/t9-,10-,11-,12+/m0/s1. The van der Waals surface area contributed by atoms with Crippen molar-refractivity contribution in [3.8, 4) is 0 Å². The maximum atomic E-state index is 12.0. The van der Waals surface area contributed by atoms with E-state index in [1.807, 2.05) is 11.8 Å². The molecule has 3 rings (SSSR count). The Kier molecular flexibility index (Phi) is 2.97. The van der Waals surface area contributed by atoms with Gasteiger partial charge in [-0.25, -0.2) is 0 Å². The molecule has 1 heterocycles. The van der Waals surface area contributed by atoms with Gasteiger partial charge < -0.3 is 5.32 Å². The third kappa shape index (κ3) is 2.02. The molecule has 1 N–H and O–H groups in total. The van der Waals surface area contributed by atoms with Gasteiger partial charge in [0.05, 0.1) is 0 Å². The molecule has 88 valence electrons. The first kappa shape index (κ1) is 10.7. The Hall–Kier alpha value is -0.440. The van der Waals surface area contributed by atoms with Crippen LogP contribution < -0.4 is 5.32 Å². The van der Waals surface area contributed by atoms with E-state index >= 15 is 0 Å². The van der Waals surface area contributed by atoms with Crippen molar-refractivity contribution in [1.29, 1.82) is 0 Å². The van der Waals surface area contributed by atoms with Crippen LogP contribution in [-0.2, 0) is 4.79 Å². The molecule has 2 bridgehead atoms. The number of nitrogens with one attached hydrogen (secondary N) is 1. The van der Waals surface area contributed by atoms with E-state index in [9.17, 15) is 4.79 Å². The number of rotatable bonds is 3. The summed E-state index contributed by atoms with van der Waals surface area (Å²) >= 11 is 2.02. The molecular formula is C13H19NOS. The van der Waals surface area contributed by atoms with Crippen molar-refractivity contribution in [2.24, 2.45) is 23.7 Å². The van der Waals surface area contributed by atoms with Crippen LogP contribution in [0.15, 0.2) is 12.2 Å². The monoisotopic (exact) mass is 237 g/mol. The van der Waals surface area contributed by atoms with Crippen LogP contribution in [0.1, 0.15) is 19.3 Å². The third-order valence-electron chi connectivity index (χ3n) is 4.20. The zero-order valence-electron chi connectivity index (χ0n) is 9.52. The summed E-state index contributed by atoms with van der Waals surface area (Å²) in [5.74, 6) is 5.07. The highest BCUT2D eigenvalue weighted by molar-refractivity contribution is 7.99. The van der Waals surface area contributed by atoms with Gasteiger partial charge in [-0.05, 0) is 48.5 Å². The molecule has 2 fully saturated rings. The third-order valence-corrected chi connectivity index (χ3v) is 5.44. The minimum absolute atomic E-state index is 0.282. The summed E-state index contributed by atoms with van der Waals surface area (Å²) in [6.45, 7) is 0.906. The normalized spacial score (nSPS) is 40.5. The fourth-order valence-corrected chi connectivity index (χ4v) is 4.49. The van der Waals surface area contributed by atoms with Crippen molar-refractivity contribution in [3.05, 3.63) is 12.2 Å². The molecule has 3 aliphatic rings. The molecule has 0 aromatic carbocycles. The predicted octanol–water partition coefficient (Wildman–Crippen LogP) is 2.07. The second-order valence-electron chi connectivity index (χ2n) is 5.36. The Balaban J connectivity index is 1.48. The molecule has 0 aromatic rings. The first-order chi connectivity index (χ1) is 7.83. The molecule has 1 aliphatic heterocycles. The highest BCUT2D eigenvalue weighted by Crippen LogP contribution is 2.43. The van der Waals surface area contributed by atoms with Crippen LogP contribution in [0, 0.1) is 23.7 Å². The van der Waals surface area contributed by atoms with Crippen molar-refractivity contribution in [1.82, 2.24) is 5.32 Å². The molecular weight excluding hydrogens is 218 g/mol. The number of allylic oxidation sites excluding steroid dienone is 2. The first-order valence-corrected chi connectivity index (χ1v) is 7.52. The molecule has 0 spiro atoms. The second kappa shape index (κ2) is 4.44. The molecule has 3 heteroatoms. The van der Waals surface area contributed by atoms with Gasteiger partial charge in [-0.1, -0.05) is 12.2 Å². The quantitative estimate of drug-likeness (QED) is 0.761. The van der Waals surface area contributed by atoms with Gasteiger partial charge in [-0.15, -0.1) is 0 Å². The maximum absolute atomic E-state index is 12.0.